The fraction of sp³-hybridized carbons (Fsp3) is 0.500. The molecule has 14 heavy (non-hydrogen) atoms. The SMILES string of the molecule is Cc1ccc(Cl)c(NC(C)CCO)n1. The Morgan fingerprint density at radius 1 is 1.57 bits per heavy atom. The second-order valence-electron chi connectivity index (χ2n) is 3.34. The quantitative estimate of drug-likeness (QED) is 0.808. The number of aliphatic hydroxyl groups excluding tert-OH is 1. The van der Waals surface area contributed by atoms with Crippen molar-refractivity contribution in [3.63, 3.8) is 0 Å². The lowest BCUT2D eigenvalue weighted by Gasteiger charge is -2.14. The van der Waals surface area contributed by atoms with Crippen LogP contribution in [0.4, 0.5) is 5.82 Å². The standard InChI is InChI=1S/C10H15ClN2O/c1-7-3-4-9(11)10(12-7)13-8(2)5-6-14/h3-4,8,14H,5-6H2,1-2H3,(H,12,13). The van der Waals surface area contributed by atoms with Crippen molar-refractivity contribution in [1.29, 1.82) is 0 Å². The van der Waals surface area contributed by atoms with Crippen molar-refractivity contribution >= 4 is 17.4 Å². The highest BCUT2D eigenvalue weighted by Gasteiger charge is 2.05. The largest absolute Gasteiger partial charge is 0.396 e. The van der Waals surface area contributed by atoms with Gasteiger partial charge in [0.1, 0.15) is 5.82 Å². The number of nitrogens with one attached hydrogen (secondary N) is 1. The highest BCUT2D eigenvalue weighted by molar-refractivity contribution is 6.32. The molecular weight excluding hydrogens is 200 g/mol. The smallest absolute Gasteiger partial charge is 0.145 e. The van der Waals surface area contributed by atoms with Gasteiger partial charge in [0.15, 0.2) is 0 Å². The molecule has 0 aromatic carbocycles. The minimum absolute atomic E-state index is 0.164. The number of rotatable bonds is 4. The molecule has 1 heterocycles. The number of hydrogen-bond acceptors (Lipinski definition) is 3. The predicted octanol–water partition coefficient (Wildman–Crippen LogP) is 2.23. The molecule has 1 aromatic heterocycles. The summed E-state index contributed by atoms with van der Waals surface area (Å²) in [6.45, 7) is 4.06. The first-order valence-electron chi connectivity index (χ1n) is 4.64. The number of aryl methyl sites for hydroxylation is 1. The van der Waals surface area contributed by atoms with E-state index in [1.54, 1.807) is 0 Å². The number of anilines is 1. The van der Waals surface area contributed by atoms with Crippen LogP contribution in [0.3, 0.4) is 0 Å². The summed E-state index contributed by atoms with van der Waals surface area (Å²) < 4.78 is 0. The second kappa shape index (κ2) is 5.17. The third kappa shape index (κ3) is 3.16. The van der Waals surface area contributed by atoms with E-state index in [4.69, 9.17) is 16.7 Å². The van der Waals surface area contributed by atoms with Crippen LogP contribution >= 0.6 is 11.6 Å². The summed E-state index contributed by atoms with van der Waals surface area (Å²) in [5, 5.41) is 12.5. The van der Waals surface area contributed by atoms with Crippen molar-refractivity contribution in [3.8, 4) is 0 Å². The minimum Gasteiger partial charge on any atom is -0.396 e. The molecule has 0 aliphatic carbocycles. The van der Waals surface area contributed by atoms with E-state index in [1.165, 1.54) is 0 Å². The summed E-state index contributed by atoms with van der Waals surface area (Å²) in [5.74, 6) is 0.688. The van der Waals surface area contributed by atoms with E-state index < -0.39 is 0 Å². The lowest BCUT2D eigenvalue weighted by atomic mass is 10.2. The van der Waals surface area contributed by atoms with E-state index in [2.05, 4.69) is 10.3 Å². The van der Waals surface area contributed by atoms with Crippen LogP contribution < -0.4 is 5.32 Å². The fourth-order valence-corrected chi connectivity index (χ4v) is 1.30. The number of halogens is 1. The van der Waals surface area contributed by atoms with Crippen LogP contribution in [0.2, 0.25) is 5.02 Å². The first-order valence-corrected chi connectivity index (χ1v) is 5.02. The monoisotopic (exact) mass is 214 g/mol. The molecule has 0 bridgehead atoms. The maximum Gasteiger partial charge on any atom is 0.145 e. The number of aliphatic hydroxyl groups is 1. The molecule has 0 saturated carbocycles. The first-order chi connectivity index (χ1) is 6.63. The van der Waals surface area contributed by atoms with Crippen molar-refractivity contribution < 1.29 is 5.11 Å². The zero-order chi connectivity index (χ0) is 10.6. The number of hydrogen-bond donors (Lipinski definition) is 2. The van der Waals surface area contributed by atoms with Crippen molar-refractivity contribution in [2.45, 2.75) is 26.3 Å². The first kappa shape index (κ1) is 11.3. The van der Waals surface area contributed by atoms with Gasteiger partial charge in [0.25, 0.3) is 0 Å². The number of aromatic nitrogens is 1. The molecule has 0 radical (unpaired) electrons. The van der Waals surface area contributed by atoms with Gasteiger partial charge < -0.3 is 10.4 Å². The van der Waals surface area contributed by atoms with E-state index in [0.29, 0.717) is 17.3 Å². The third-order valence-corrected chi connectivity index (χ3v) is 2.24. The maximum absolute atomic E-state index is 8.75. The number of nitrogens with zero attached hydrogens (tertiary/aromatic N) is 1. The zero-order valence-corrected chi connectivity index (χ0v) is 9.17. The van der Waals surface area contributed by atoms with Crippen LogP contribution in [-0.2, 0) is 0 Å². The normalized spacial score (nSPS) is 12.6. The summed E-state index contributed by atoms with van der Waals surface area (Å²) in [7, 11) is 0. The van der Waals surface area contributed by atoms with Crippen molar-refractivity contribution in [2.24, 2.45) is 0 Å². The van der Waals surface area contributed by atoms with Crippen LogP contribution in [0.1, 0.15) is 19.0 Å². The molecule has 1 unspecified atom stereocenters. The molecule has 0 aliphatic rings. The maximum atomic E-state index is 8.75. The molecule has 0 amide bonds. The Labute approximate surface area is 89.1 Å². The van der Waals surface area contributed by atoms with Gasteiger partial charge >= 0.3 is 0 Å². The van der Waals surface area contributed by atoms with Crippen molar-refractivity contribution in [1.82, 2.24) is 4.98 Å². The Morgan fingerprint density at radius 2 is 2.29 bits per heavy atom. The van der Waals surface area contributed by atoms with Crippen LogP contribution in [0.15, 0.2) is 12.1 Å². The Kier molecular flexibility index (Phi) is 4.17. The molecular formula is C10H15ClN2O. The molecule has 1 aromatic rings. The number of pyridine rings is 1. The molecule has 0 fully saturated rings. The Balaban J connectivity index is 2.70. The van der Waals surface area contributed by atoms with E-state index in [-0.39, 0.29) is 12.6 Å². The van der Waals surface area contributed by atoms with E-state index >= 15 is 0 Å². The predicted molar refractivity (Wildman–Crippen MR) is 58.8 cm³/mol. The van der Waals surface area contributed by atoms with E-state index in [9.17, 15) is 0 Å². The van der Waals surface area contributed by atoms with Gasteiger partial charge in [0.2, 0.25) is 0 Å². The van der Waals surface area contributed by atoms with Crippen molar-refractivity contribution in [2.75, 3.05) is 11.9 Å². The van der Waals surface area contributed by atoms with Gasteiger partial charge in [-0.25, -0.2) is 4.98 Å². The Bertz CT molecular complexity index is 304. The van der Waals surface area contributed by atoms with Gasteiger partial charge in [-0.1, -0.05) is 11.6 Å². The summed E-state index contributed by atoms with van der Waals surface area (Å²) in [4.78, 5) is 4.27. The summed E-state index contributed by atoms with van der Waals surface area (Å²) in [6, 6.07) is 3.86. The molecule has 0 saturated heterocycles. The van der Waals surface area contributed by atoms with E-state index in [1.807, 2.05) is 26.0 Å². The Morgan fingerprint density at radius 3 is 2.93 bits per heavy atom. The molecule has 1 rings (SSSR count). The van der Waals surface area contributed by atoms with Gasteiger partial charge in [-0.15, -0.1) is 0 Å². The summed E-state index contributed by atoms with van der Waals surface area (Å²) in [6.07, 6.45) is 0.686. The molecule has 0 aliphatic heterocycles. The second-order valence-corrected chi connectivity index (χ2v) is 3.75. The average molecular weight is 215 g/mol. The molecule has 78 valence electrons. The molecule has 4 heteroatoms. The molecule has 2 N–H and O–H groups in total. The van der Waals surface area contributed by atoms with Crippen LogP contribution in [0.25, 0.3) is 0 Å². The van der Waals surface area contributed by atoms with Crippen LogP contribution in [-0.4, -0.2) is 22.7 Å². The zero-order valence-electron chi connectivity index (χ0n) is 8.42. The fourth-order valence-electron chi connectivity index (χ4n) is 1.14. The molecule has 1 atom stereocenters. The highest BCUT2D eigenvalue weighted by Crippen LogP contribution is 2.20. The van der Waals surface area contributed by atoms with Crippen LogP contribution in [0, 0.1) is 6.92 Å². The van der Waals surface area contributed by atoms with E-state index in [0.717, 1.165) is 5.69 Å². The van der Waals surface area contributed by atoms with Gasteiger partial charge in [-0.3, -0.25) is 0 Å². The Hall–Kier alpha value is -0.800. The van der Waals surface area contributed by atoms with Crippen molar-refractivity contribution in [3.05, 3.63) is 22.8 Å². The molecule has 3 nitrogen and oxygen atoms in total. The van der Waals surface area contributed by atoms with Gasteiger partial charge in [0, 0.05) is 18.3 Å². The minimum atomic E-state index is 0.164. The van der Waals surface area contributed by atoms with Crippen LogP contribution in [0.5, 0.6) is 0 Å². The average Bonchev–Trinajstić information content (AvgIpc) is 2.12. The topological polar surface area (TPSA) is 45.1 Å². The lowest BCUT2D eigenvalue weighted by Crippen LogP contribution is -2.17. The lowest BCUT2D eigenvalue weighted by molar-refractivity contribution is 0.282. The molecule has 0 spiro atoms. The summed E-state index contributed by atoms with van der Waals surface area (Å²) in [5.41, 5.74) is 0.924. The van der Waals surface area contributed by atoms with Gasteiger partial charge in [-0.2, -0.15) is 0 Å². The van der Waals surface area contributed by atoms with Gasteiger partial charge in [-0.05, 0) is 32.4 Å². The van der Waals surface area contributed by atoms with Gasteiger partial charge in [0.05, 0.1) is 5.02 Å². The third-order valence-electron chi connectivity index (χ3n) is 1.93. The highest BCUT2D eigenvalue weighted by atomic mass is 35.5. The summed E-state index contributed by atoms with van der Waals surface area (Å²) >= 11 is 5.95.